The van der Waals surface area contributed by atoms with E-state index in [1.54, 1.807) is 0 Å². The summed E-state index contributed by atoms with van der Waals surface area (Å²) in [6.07, 6.45) is 0.905. The van der Waals surface area contributed by atoms with Gasteiger partial charge in [0, 0.05) is 25.7 Å². The van der Waals surface area contributed by atoms with Crippen molar-refractivity contribution in [1.29, 1.82) is 0 Å². The molecule has 1 fully saturated rings. The van der Waals surface area contributed by atoms with Gasteiger partial charge in [0.1, 0.15) is 0 Å². The Labute approximate surface area is 106 Å². The third kappa shape index (κ3) is 4.50. The van der Waals surface area contributed by atoms with Gasteiger partial charge in [-0.3, -0.25) is 0 Å². The summed E-state index contributed by atoms with van der Waals surface area (Å²) >= 11 is 0. The molecule has 7 heteroatoms. The van der Waals surface area contributed by atoms with Crippen LogP contribution in [0.15, 0.2) is 0 Å². The van der Waals surface area contributed by atoms with E-state index >= 15 is 0 Å². The normalized spacial score (nSPS) is 22.2. The summed E-state index contributed by atoms with van der Waals surface area (Å²) in [5, 5.41) is 13.9. The first-order chi connectivity index (χ1) is 8.54. The summed E-state index contributed by atoms with van der Waals surface area (Å²) in [7, 11) is 1.38. The van der Waals surface area contributed by atoms with Crippen molar-refractivity contribution >= 4 is 12.0 Å². The number of urea groups is 1. The molecule has 0 radical (unpaired) electrons. The number of carboxylic acids is 1. The molecule has 0 aromatic heterocycles. The summed E-state index contributed by atoms with van der Waals surface area (Å²) in [4.78, 5) is 22.4. The van der Waals surface area contributed by atoms with Crippen molar-refractivity contribution < 1.29 is 24.2 Å². The van der Waals surface area contributed by atoms with Gasteiger partial charge in [-0.25, -0.2) is 9.59 Å². The summed E-state index contributed by atoms with van der Waals surface area (Å²) < 4.78 is 9.96. The SMILES string of the molecule is COCC(NC(=O)NC(C)C1CCOC1)C(=O)O. The third-order valence-corrected chi connectivity index (χ3v) is 2.97. The molecule has 1 rings (SSSR count). The molecule has 18 heavy (non-hydrogen) atoms. The lowest BCUT2D eigenvalue weighted by Gasteiger charge is -2.21. The molecule has 3 atom stereocenters. The minimum Gasteiger partial charge on any atom is -0.480 e. The molecule has 3 N–H and O–H groups in total. The first-order valence-corrected chi connectivity index (χ1v) is 5.91. The number of rotatable bonds is 6. The second kappa shape index (κ2) is 7.17. The van der Waals surface area contributed by atoms with E-state index in [9.17, 15) is 9.59 Å². The monoisotopic (exact) mass is 260 g/mol. The molecule has 1 saturated heterocycles. The molecule has 0 aromatic carbocycles. The molecule has 0 saturated carbocycles. The van der Waals surface area contributed by atoms with E-state index < -0.39 is 18.0 Å². The van der Waals surface area contributed by atoms with Gasteiger partial charge in [-0.15, -0.1) is 0 Å². The van der Waals surface area contributed by atoms with E-state index in [4.69, 9.17) is 14.6 Å². The predicted octanol–water partition coefficient (Wildman–Crippen LogP) is -0.190. The topological polar surface area (TPSA) is 96.9 Å². The average Bonchev–Trinajstić information content (AvgIpc) is 2.81. The van der Waals surface area contributed by atoms with Crippen LogP contribution in [0.5, 0.6) is 0 Å². The first-order valence-electron chi connectivity index (χ1n) is 5.91. The molecular formula is C11H20N2O5. The highest BCUT2D eigenvalue weighted by atomic mass is 16.5. The zero-order chi connectivity index (χ0) is 13.5. The molecule has 2 amide bonds. The van der Waals surface area contributed by atoms with Crippen LogP contribution in [0, 0.1) is 5.92 Å². The van der Waals surface area contributed by atoms with Crippen molar-refractivity contribution in [3.8, 4) is 0 Å². The molecule has 0 aliphatic carbocycles. The summed E-state index contributed by atoms with van der Waals surface area (Å²) in [5.74, 6) is -0.842. The van der Waals surface area contributed by atoms with E-state index in [-0.39, 0.29) is 18.6 Å². The van der Waals surface area contributed by atoms with Crippen LogP contribution in [0.1, 0.15) is 13.3 Å². The number of carbonyl (C=O) groups excluding carboxylic acids is 1. The van der Waals surface area contributed by atoms with Crippen LogP contribution in [0.4, 0.5) is 4.79 Å². The summed E-state index contributed by atoms with van der Waals surface area (Å²) in [6, 6.07) is -1.59. The molecule has 0 bridgehead atoms. The quantitative estimate of drug-likeness (QED) is 0.615. The fraction of sp³-hybridized carbons (Fsp3) is 0.818. The number of carbonyl (C=O) groups is 2. The summed E-state index contributed by atoms with van der Waals surface area (Å²) in [5.41, 5.74) is 0. The van der Waals surface area contributed by atoms with Crippen LogP contribution >= 0.6 is 0 Å². The molecule has 7 nitrogen and oxygen atoms in total. The Bertz CT molecular complexity index is 291. The third-order valence-electron chi connectivity index (χ3n) is 2.97. The van der Waals surface area contributed by atoms with Gasteiger partial charge in [0.15, 0.2) is 6.04 Å². The summed E-state index contributed by atoms with van der Waals surface area (Å²) in [6.45, 7) is 3.15. The molecule has 1 aliphatic rings. The van der Waals surface area contributed by atoms with Crippen molar-refractivity contribution in [3.05, 3.63) is 0 Å². The lowest BCUT2D eigenvalue weighted by Crippen LogP contribution is -2.51. The maximum Gasteiger partial charge on any atom is 0.328 e. The molecule has 0 aromatic rings. The zero-order valence-corrected chi connectivity index (χ0v) is 10.6. The van der Waals surface area contributed by atoms with Gasteiger partial charge in [0.05, 0.1) is 13.2 Å². The van der Waals surface area contributed by atoms with Crippen molar-refractivity contribution in [2.75, 3.05) is 26.9 Å². The standard InChI is InChI=1S/C11H20N2O5/c1-7(8-3-4-18-5-8)12-11(16)13-9(6-17-2)10(14)15/h7-9H,3-6H2,1-2H3,(H,14,15)(H2,12,13,16). The molecule has 1 heterocycles. The predicted molar refractivity (Wildman–Crippen MR) is 63.4 cm³/mol. The Morgan fingerprint density at radius 2 is 2.22 bits per heavy atom. The maximum absolute atomic E-state index is 11.6. The number of aliphatic carboxylic acids is 1. The van der Waals surface area contributed by atoms with Crippen molar-refractivity contribution in [2.24, 2.45) is 5.92 Å². The van der Waals surface area contributed by atoms with Crippen LogP contribution in [0.2, 0.25) is 0 Å². The van der Waals surface area contributed by atoms with E-state index in [1.165, 1.54) is 7.11 Å². The number of methoxy groups -OCH3 is 1. The molecule has 104 valence electrons. The van der Waals surface area contributed by atoms with Crippen LogP contribution in [0.25, 0.3) is 0 Å². The van der Waals surface area contributed by atoms with E-state index in [0.29, 0.717) is 13.2 Å². The second-order valence-electron chi connectivity index (χ2n) is 4.38. The average molecular weight is 260 g/mol. The van der Waals surface area contributed by atoms with Gasteiger partial charge >= 0.3 is 12.0 Å². The Morgan fingerprint density at radius 1 is 1.50 bits per heavy atom. The number of carboxylic acid groups (broad SMARTS) is 1. The van der Waals surface area contributed by atoms with Crippen LogP contribution in [0.3, 0.4) is 0 Å². The lowest BCUT2D eigenvalue weighted by atomic mass is 10.0. The largest absolute Gasteiger partial charge is 0.480 e. The molecule has 1 aliphatic heterocycles. The van der Waals surface area contributed by atoms with Gasteiger partial charge in [-0.1, -0.05) is 0 Å². The number of amides is 2. The van der Waals surface area contributed by atoms with Crippen molar-refractivity contribution in [3.63, 3.8) is 0 Å². The molecular weight excluding hydrogens is 240 g/mol. The maximum atomic E-state index is 11.6. The highest BCUT2D eigenvalue weighted by Gasteiger charge is 2.25. The van der Waals surface area contributed by atoms with Crippen molar-refractivity contribution in [2.45, 2.75) is 25.4 Å². The molecule has 3 unspecified atom stereocenters. The Hall–Kier alpha value is -1.34. The van der Waals surface area contributed by atoms with Gasteiger partial charge < -0.3 is 25.2 Å². The van der Waals surface area contributed by atoms with Gasteiger partial charge in [-0.2, -0.15) is 0 Å². The van der Waals surface area contributed by atoms with Crippen molar-refractivity contribution in [1.82, 2.24) is 10.6 Å². The van der Waals surface area contributed by atoms with Gasteiger partial charge in [-0.05, 0) is 13.3 Å². The Morgan fingerprint density at radius 3 is 2.72 bits per heavy atom. The van der Waals surface area contributed by atoms with Crippen LogP contribution < -0.4 is 10.6 Å². The fourth-order valence-corrected chi connectivity index (χ4v) is 1.81. The fourth-order valence-electron chi connectivity index (χ4n) is 1.81. The number of hydrogen-bond donors (Lipinski definition) is 3. The highest BCUT2D eigenvalue weighted by Crippen LogP contribution is 2.16. The zero-order valence-electron chi connectivity index (χ0n) is 10.6. The van der Waals surface area contributed by atoms with Crippen LogP contribution in [-0.2, 0) is 14.3 Å². The lowest BCUT2D eigenvalue weighted by molar-refractivity contribution is -0.140. The van der Waals surface area contributed by atoms with E-state index in [2.05, 4.69) is 10.6 Å². The van der Waals surface area contributed by atoms with E-state index in [0.717, 1.165) is 6.42 Å². The number of hydrogen-bond acceptors (Lipinski definition) is 4. The second-order valence-corrected chi connectivity index (χ2v) is 4.38. The first kappa shape index (κ1) is 14.7. The van der Waals surface area contributed by atoms with Crippen LogP contribution in [-0.4, -0.2) is 56.1 Å². The Kier molecular flexibility index (Phi) is 5.87. The van der Waals surface area contributed by atoms with Gasteiger partial charge in [0.25, 0.3) is 0 Å². The Balaban J connectivity index is 2.36. The van der Waals surface area contributed by atoms with Gasteiger partial charge in [0.2, 0.25) is 0 Å². The minimum atomic E-state index is -1.12. The molecule has 0 spiro atoms. The van der Waals surface area contributed by atoms with E-state index in [1.807, 2.05) is 6.92 Å². The minimum absolute atomic E-state index is 0.0514. The number of ether oxygens (including phenoxy) is 2. The number of nitrogens with one attached hydrogen (secondary N) is 2. The highest BCUT2D eigenvalue weighted by molar-refractivity contribution is 5.82. The smallest absolute Gasteiger partial charge is 0.328 e.